The van der Waals surface area contributed by atoms with Crippen LogP contribution in [0.25, 0.3) is 0 Å². The zero-order valence-corrected chi connectivity index (χ0v) is 15.1. The predicted octanol–water partition coefficient (Wildman–Crippen LogP) is 2.31. The van der Waals surface area contributed by atoms with Crippen molar-refractivity contribution in [1.29, 1.82) is 0 Å². The number of esters is 1. The Kier molecular flexibility index (Phi) is 5.91. The molecule has 144 valence electrons. The number of imide groups is 1. The monoisotopic (exact) mass is 382 g/mol. The van der Waals surface area contributed by atoms with Crippen LogP contribution in [0.4, 0.5) is 0 Å². The molecule has 0 bridgehead atoms. The van der Waals surface area contributed by atoms with E-state index in [0.717, 1.165) is 0 Å². The molecule has 0 fully saturated rings. The summed E-state index contributed by atoms with van der Waals surface area (Å²) in [6.45, 7) is -0.464. The molecule has 0 spiro atoms. The van der Waals surface area contributed by atoms with Gasteiger partial charge < -0.3 is 18.5 Å². The lowest BCUT2D eigenvalue weighted by Gasteiger charge is -2.06. The maximum absolute atomic E-state index is 12.0. The van der Waals surface area contributed by atoms with Crippen molar-refractivity contribution < 1.29 is 28.3 Å². The summed E-state index contributed by atoms with van der Waals surface area (Å²) in [5.74, 6) is -1.09. The molecule has 0 aliphatic heterocycles. The van der Waals surface area contributed by atoms with Gasteiger partial charge in [-0.05, 0) is 36.4 Å². The van der Waals surface area contributed by atoms with Gasteiger partial charge in [0.05, 0.1) is 0 Å². The Morgan fingerprint density at radius 2 is 1.82 bits per heavy atom. The Morgan fingerprint density at radius 1 is 1.04 bits per heavy atom. The van der Waals surface area contributed by atoms with Gasteiger partial charge in [0.1, 0.15) is 23.8 Å². The van der Waals surface area contributed by atoms with E-state index >= 15 is 0 Å². The zero-order chi connectivity index (χ0) is 19.9. The van der Waals surface area contributed by atoms with Crippen molar-refractivity contribution in [3.63, 3.8) is 0 Å². The summed E-state index contributed by atoms with van der Waals surface area (Å²) in [4.78, 5) is 35.7. The molecule has 0 aliphatic carbocycles. The number of nitrogens with zero attached hydrogens (tertiary/aromatic N) is 1. The van der Waals surface area contributed by atoms with Crippen molar-refractivity contribution >= 4 is 17.8 Å². The van der Waals surface area contributed by atoms with Crippen LogP contribution >= 0.6 is 0 Å². The van der Waals surface area contributed by atoms with Crippen LogP contribution < -0.4 is 10.1 Å². The van der Waals surface area contributed by atoms with Crippen molar-refractivity contribution in [3.05, 3.63) is 78.0 Å². The third kappa shape index (κ3) is 4.88. The lowest BCUT2D eigenvalue weighted by Crippen LogP contribution is -2.35. The zero-order valence-electron chi connectivity index (χ0n) is 15.1. The van der Waals surface area contributed by atoms with E-state index in [2.05, 4.69) is 5.32 Å². The fourth-order valence-corrected chi connectivity index (χ4v) is 2.36. The SMILES string of the molecule is Cn1cccc1C(=O)NC(=O)COC(=O)c1ccc(COc2ccccc2)o1. The highest BCUT2D eigenvalue weighted by atomic mass is 16.6. The standard InChI is InChI=1S/C20H18N2O6/c1-22-11-5-8-16(22)19(24)21-18(23)13-27-20(25)17-10-9-15(28-17)12-26-14-6-3-2-4-7-14/h2-11H,12-13H2,1H3,(H,21,23,24). The quantitative estimate of drug-likeness (QED) is 0.630. The number of para-hydroxylation sites is 1. The number of ether oxygens (including phenoxy) is 2. The Balaban J connectivity index is 1.46. The first-order chi connectivity index (χ1) is 13.5. The molecule has 0 atom stereocenters. The largest absolute Gasteiger partial charge is 0.486 e. The van der Waals surface area contributed by atoms with Gasteiger partial charge >= 0.3 is 5.97 Å². The minimum atomic E-state index is -0.813. The van der Waals surface area contributed by atoms with E-state index < -0.39 is 24.4 Å². The van der Waals surface area contributed by atoms with Gasteiger partial charge in [-0.1, -0.05) is 18.2 Å². The molecule has 0 aliphatic rings. The molecule has 3 rings (SSSR count). The number of nitrogens with one attached hydrogen (secondary N) is 1. The van der Waals surface area contributed by atoms with E-state index in [1.807, 2.05) is 18.2 Å². The van der Waals surface area contributed by atoms with E-state index in [9.17, 15) is 14.4 Å². The van der Waals surface area contributed by atoms with Crippen molar-refractivity contribution in [2.45, 2.75) is 6.61 Å². The van der Waals surface area contributed by atoms with Gasteiger partial charge in [-0.15, -0.1) is 0 Å². The van der Waals surface area contributed by atoms with Crippen LogP contribution in [-0.4, -0.2) is 29.0 Å². The van der Waals surface area contributed by atoms with Gasteiger partial charge in [0, 0.05) is 13.2 Å². The molecule has 0 radical (unpaired) electrons. The second-order valence-electron chi connectivity index (χ2n) is 5.83. The van der Waals surface area contributed by atoms with Crippen molar-refractivity contribution in [2.24, 2.45) is 7.05 Å². The van der Waals surface area contributed by atoms with E-state index in [0.29, 0.717) is 17.2 Å². The molecular weight excluding hydrogens is 364 g/mol. The molecule has 8 heteroatoms. The van der Waals surface area contributed by atoms with Gasteiger partial charge in [-0.25, -0.2) is 4.79 Å². The maximum atomic E-state index is 12.0. The number of carbonyl (C=O) groups is 3. The third-order valence-electron chi connectivity index (χ3n) is 3.75. The highest BCUT2D eigenvalue weighted by Gasteiger charge is 2.17. The number of hydrogen-bond donors (Lipinski definition) is 1. The number of rotatable bonds is 7. The Hall–Kier alpha value is -3.81. The molecule has 2 amide bonds. The second kappa shape index (κ2) is 8.72. The summed E-state index contributed by atoms with van der Waals surface area (Å²) in [5, 5.41) is 2.15. The predicted molar refractivity (Wildman–Crippen MR) is 97.7 cm³/mol. The fourth-order valence-electron chi connectivity index (χ4n) is 2.36. The van der Waals surface area contributed by atoms with Crippen LogP contribution in [0.5, 0.6) is 5.75 Å². The van der Waals surface area contributed by atoms with Gasteiger partial charge in [-0.3, -0.25) is 14.9 Å². The molecule has 0 unspecified atom stereocenters. The first-order valence-corrected chi connectivity index (χ1v) is 8.42. The van der Waals surface area contributed by atoms with Crippen LogP contribution in [0.2, 0.25) is 0 Å². The minimum absolute atomic E-state index is 0.0618. The summed E-state index contributed by atoms with van der Waals surface area (Å²) in [7, 11) is 1.68. The van der Waals surface area contributed by atoms with E-state index in [4.69, 9.17) is 13.9 Å². The normalized spacial score (nSPS) is 10.3. The topological polar surface area (TPSA) is 99.8 Å². The van der Waals surface area contributed by atoms with Crippen LogP contribution in [0.1, 0.15) is 26.8 Å². The number of furan rings is 1. The van der Waals surface area contributed by atoms with Crippen LogP contribution in [-0.2, 0) is 23.2 Å². The summed E-state index contributed by atoms with van der Waals surface area (Å²) >= 11 is 0. The lowest BCUT2D eigenvalue weighted by molar-refractivity contribution is -0.123. The molecule has 0 saturated heterocycles. The molecule has 2 heterocycles. The molecule has 0 saturated carbocycles. The third-order valence-corrected chi connectivity index (χ3v) is 3.75. The van der Waals surface area contributed by atoms with Gasteiger partial charge in [0.25, 0.3) is 11.8 Å². The fraction of sp³-hybridized carbons (Fsp3) is 0.150. The van der Waals surface area contributed by atoms with Gasteiger partial charge in [-0.2, -0.15) is 0 Å². The maximum Gasteiger partial charge on any atom is 0.374 e. The number of aromatic nitrogens is 1. The van der Waals surface area contributed by atoms with Crippen LogP contribution in [0, 0.1) is 0 Å². The second-order valence-corrected chi connectivity index (χ2v) is 5.83. The van der Waals surface area contributed by atoms with E-state index in [1.54, 1.807) is 48.1 Å². The summed E-state index contributed by atoms with van der Waals surface area (Å²) in [6, 6.07) is 15.4. The average Bonchev–Trinajstić information content (AvgIpc) is 3.34. The smallest absolute Gasteiger partial charge is 0.374 e. The number of amides is 2. The molecule has 8 nitrogen and oxygen atoms in total. The van der Waals surface area contributed by atoms with Crippen molar-refractivity contribution in [1.82, 2.24) is 9.88 Å². The van der Waals surface area contributed by atoms with E-state index in [-0.39, 0.29) is 12.4 Å². The highest BCUT2D eigenvalue weighted by Crippen LogP contribution is 2.14. The van der Waals surface area contributed by atoms with Crippen molar-refractivity contribution in [3.8, 4) is 5.75 Å². The Bertz CT molecular complexity index is 974. The first kappa shape index (κ1) is 19.0. The number of benzene rings is 1. The highest BCUT2D eigenvalue weighted by molar-refractivity contribution is 6.04. The van der Waals surface area contributed by atoms with Gasteiger partial charge in [0.15, 0.2) is 6.61 Å². The number of carbonyl (C=O) groups excluding carboxylic acids is 3. The first-order valence-electron chi connectivity index (χ1n) is 8.42. The number of hydrogen-bond acceptors (Lipinski definition) is 6. The molecular formula is C20H18N2O6. The number of aryl methyl sites for hydroxylation is 1. The van der Waals surface area contributed by atoms with E-state index in [1.165, 1.54) is 6.07 Å². The minimum Gasteiger partial charge on any atom is -0.486 e. The summed E-state index contributed by atoms with van der Waals surface area (Å²) < 4.78 is 17.3. The Morgan fingerprint density at radius 3 is 2.54 bits per heavy atom. The average molecular weight is 382 g/mol. The molecule has 2 aromatic heterocycles. The molecule has 3 aromatic rings. The van der Waals surface area contributed by atoms with Gasteiger partial charge in [0.2, 0.25) is 5.76 Å². The molecule has 1 aromatic carbocycles. The molecule has 1 N–H and O–H groups in total. The summed E-state index contributed by atoms with van der Waals surface area (Å²) in [6.07, 6.45) is 1.68. The molecule has 28 heavy (non-hydrogen) atoms. The summed E-state index contributed by atoms with van der Waals surface area (Å²) in [5.41, 5.74) is 0.314. The van der Waals surface area contributed by atoms with Crippen LogP contribution in [0.15, 0.2) is 65.2 Å². The van der Waals surface area contributed by atoms with Crippen molar-refractivity contribution in [2.75, 3.05) is 6.61 Å². The Labute approximate surface area is 160 Å². The van der Waals surface area contributed by atoms with Crippen LogP contribution in [0.3, 0.4) is 0 Å². The lowest BCUT2D eigenvalue weighted by atomic mass is 10.3.